The van der Waals surface area contributed by atoms with Crippen LogP contribution in [-0.2, 0) is 17.8 Å². The number of carboxylic acids is 1. The minimum Gasteiger partial charge on any atom is -0.478 e. The van der Waals surface area contributed by atoms with Crippen LogP contribution in [0.3, 0.4) is 0 Å². The number of rotatable bonds is 4. The van der Waals surface area contributed by atoms with Crippen molar-refractivity contribution in [3.63, 3.8) is 0 Å². The lowest BCUT2D eigenvalue weighted by molar-refractivity contribution is -0.115. The molecule has 0 unspecified atom stereocenters. The summed E-state index contributed by atoms with van der Waals surface area (Å²) in [5, 5.41) is 16.9. The zero-order chi connectivity index (χ0) is 15.0. The summed E-state index contributed by atoms with van der Waals surface area (Å²) < 4.78 is 0. The van der Waals surface area contributed by atoms with Crippen molar-refractivity contribution in [1.29, 1.82) is 0 Å². The minimum absolute atomic E-state index is 0.0393. The molecule has 1 aliphatic rings. The van der Waals surface area contributed by atoms with Gasteiger partial charge in [0.2, 0.25) is 5.91 Å². The first-order chi connectivity index (χ1) is 10.0. The van der Waals surface area contributed by atoms with E-state index in [-0.39, 0.29) is 11.5 Å². The number of anilines is 2. The van der Waals surface area contributed by atoms with Crippen molar-refractivity contribution in [3.8, 4) is 0 Å². The summed E-state index contributed by atoms with van der Waals surface area (Å²) in [6.07, 6.45) is 0.351. The molecule has 1 aliphatic heterocycles. The lowest BCUT2D eigenvalue weighted by Gasteiger charge is -2.09. The van der Waals surface area contributed by atoms with Crippen LogP contribution >= 0.6 is 22.9 Å². The Hall–Kier alpha value is -2.05. The van der Waals surface area contributed by atoms with Crippen molar-refractivity contribution < 1.29 is 14.7 Å². The molecule has 2 aromatic rings. The molecule has 0 bridgehead atoms. The molecule has 0 radical (unpaired) electrons. The van der Waals surface area contributed by atoms with E-state index in [1.807, 2.05) is 6.07 Å². The Morgan fingerprint density at radius 1 is 1.43 bits per heavy atom. The van der Waals surface area contributed by atoms with Gasteiger partial charge in [-0.15, -0.1) is 11.3 Å². The molecule has 108 valence electrons. The van der Waals surface area contributed by atoms with Crippen LogP contribution in [0, 0.1) is 0 Å². The summed E-state index contributed by atoms with van der Waals surface area (Å²) in [5.74, 6) is -0.972. The van der Waals surface area contributed by atoms with Gasteiger partial charge in [0, 0.05) is 22.5 Å². The topological polar surface area (TPSA) is 78.4 Å². The van der Waals surface area contributed by atoms with Gasteiger partial charge < -0.3 is 15.7 Å². The zero-order valence-corrected chi connectivity index (χ0v) is 12.3. The van der Waals surface area contributed by atoms with Gasteiger partial charge in [0.05, 0.1) is 22.7 Å². The second-order valence-electron chi connectivity index (χ2n) is 4.67. The van der Waals surface area contributed by atoms with Crippen LogP contribution in [0.25, 0.3) is 0 Å². The maximum absolute atomic E-state index is 11.3. The molecule has 1 aromatic carbocycles. The Labute approximate surface area is 129 Å². The third-order valence-corrected chi connectivity index (χ3v) is 4.42. The van der Waals surface area contributed by atoms with Crippen LogP contribution in [0.2, 0.25) is 5.02 Å². The van der Waals surface area contributed by atoms with E-state index in [4.69, 9.17) is 16.7 Å². The first kappa shape index (κ1) is 13.9. The molecule has 0 spiro atoms. The maximum Gasteiger partial charge on any atom is 0.336 e. The minimum atomic E-state index is -0.933. The molecule has 0 fully saturated rings. The molecule has 0 saturated carbocycles. The van der Waals surface area contributed by atoms with E-state index >= 15 is 0 Å². The standard InChI is InChI=1S/C14H11ClN2O3S/c15-10-4-11-7(3-13(18)17-11)2-12(10)16-5-9-1-8(6-21-9)14(19)20/h1-2,4,6,16H,3,5H2,(H,17,18)(H,19,20). The molecule has 0 saturated heterocycles. The number of hydrogen-bond donors (Lipinski definition) is 3. The smallest absolute Gasteiger partial charge is 0.336 e. The van der Waals surface area contributed by atoms with E-state index in [0.717, 1.165) is 21.8 Å². The molecule has 1 aromatic heterocycles. The molecule has 1 amide bonds. The first-order valence-electron chi connectivity index (χ1n) is 6.20. The van der Waals surface area contributed by atoms with Gasteiger partial charge in [0.25, 0.3) is 0 Å². The Kier molecular flexibility index (Phi) is 3.57. The van der Waals surface area contributed by atoms with Gasteiger partial charge in [-0.05, 0) is 23.8 Å². The van der Waals surface area contributed by atoms with Crippen LogP contribution in [0.4, 0.5) is 11.4 Å². The molecular weight excluding hydrogens is 312 g/mol. The molecule has 0 aliphatic carbocycles. The van der Waals surface area contributed by atoms with E-state index in [2.05, 4.69) is 10.6 Å². The second-order valence-corrected chi connectivity index (χ2v) is 6.08. The van der Waals surface area contributed by atoms with Gasteiger partial charge in [0.15, 0.2) is 0 Å². The van der Waals surface area contributed by atoms with Crippen molar-refractivity contribution in [2.75, 3.05) is 10.6 Å². The fraction of sp³-hybridized carbons (Fsp3) is 0.143. The van der Waals surface area contributed by atoms with Gasteiger partial charge >= 0.3 is 5.97 Å². The van der Waals surface area contributed by atoms with Gasteiger partial charge in [-0.2, -0.15) is 0 Å². The zero-order valence-electron chi connectivity index (χ0n) is 10.8. The van der Waals surface area contributed by atoms with Gasteiger partial charge in [0.1, 0.15) is 0 Å². The number of thiophene rings is 1. The highest BCUT2D eigenvalue weighted by molar-refractivity contribution is 7.10. The fourth-order valence-corrected chi connectivity index (χ4v) is 3.18. The molecule has 5 nitrogen and oxygen atoms in total. The van der Waals surface area contributed by atoms with Crippen molar-refractivity contribution in [1.82, 2.24) is 0 Å². The second kappa shape index (κ2) is 5.38. The van der Waals surface area contributed by atoms with Crippen LogP contribution < -0.4 is 10.6 Å². The largest absolute Gasteiger partial charge is 0.478 e. The van der Waals surface area contributed by atoms with Crippen molar-refractivity contribution >= 4 is 46.2 Å². The van der Waals surface area contributed by atoms with E-state index in [1.54, 1.807) is 17.5 Å². The summed E-state index contributed by atoms with van der Waals surface area (Å²) in [4.78, 5) is 23.1. The van der Waals surface area contributed by atoms with Gasteiger partial charge in [-0.1, -0.05) is 11.6 Å². The normalized spacial score (nSPS) is 12.9. The summed E-state index contributed by atoms with van der Waals surface area (Å²) in [7, 11) is 0. The number of nitrogens with one attached hydrogen (secondary N) is 2. The highest BCUT2D eigenvalue weighted by Gasteiger charge is 2.19. The quantitative estimate of drug-likeness (QED) is 0.807. The fourth-order valence-electron chi connectivity index (χ4n) is 2.15. The Morgan fingerprint density at radius 3 is 2.95 bits per heavy atom. The van der Waals surface area contributed by atoms with Gasteiger partial charge in [-0.3, -0.25) is 4.79 Å². The Balaban J connectivity index is 1.74. The lowest BCUT2D eigenvalue weighted by Crippen LogP contribution is -2.03. The number of carboxylic acid groups (broad SMARTS) is 1. The highest BCUT2D eigenvalue weighted by Crippen LogP contribution is 2.33. The number of carbonyl (C=O) groups excluding carboxylic acids is 1. The third-order valence-electron chi connectivity index (χ3n) is 3.17. The Morgan fingerprint density at radius 2 is 2.24 bits per heavy atom. The number of hydrogen-bond acceptors (Lipinski definition) is 4. The summed E-state index contributed by atoms with van der Waals surface area (Å²) in [6.45, 7) is 0.484. The van der Waals surface area contributed by atoms with Crippen molar-refractivity contribution in [2.24, 2.45) is 0 Å². The first-order valence-corrected chi connectivity index (χ1v) is 7.45. The number of halogens is 1. The van der Waals surface area contributed by atoms with Crippen LogP contribution in [0.5, 0.6) is 0 Å². The van der Waals surface area contributed by atoms with Crippen LogP contribution in [-0.4, -0.2) is 17.0 Å². The predicted octanol–water partition coefficient (Wildman–Crippen LogP) is 3.21. The average molecular weight is 323 g/mol. The van der Waals surface area contributed by atoms with Gasteiger partial charge in [-0.25, -0.2) is 4.79 Å². The summed E-state index contributed by atoms with van der Waals surface area (Å²) in [5.41, 5.74) is 2.67. The van der Waals surface area contributed by atoms with E-state index in [1.165, 1.54) is 11.3 Å². The highest BCUT2D eigenvalue weighted by atomic mass is 35.5. The maximum atomic E-state index is 11.3. The predicted molar refractivity (Wildman–Crippen MR) is 82.4 cm³/mol. The summed E-state index contributed by atoms with van der Waals surface area (Å²) >= 11 is 7.55. The number of aromatic carboxylic acids is 1. The van der Waals surface area contributed by atoms with E-state index in [0.29, 0.717) is 18.0 Å². The Bertz CT molecular complexity index is 742. The van der Waals surface area contributed by atoms with Crippen LogP contribution in [0.1, 0.15) is 20.8 Å². The number of carbonyl (C=O) groups is 2. The molecule has 2 heterocycles. The van der Waals surface area contributed by atoms with Crippen molar-refractivity contribution in [3.05, 3.63) is 44.6 Å². The monoisotopic (exact) mass is 322 g/mol. The molecule has 3 rings (SSSR count). The number of benzene rings is 1. The number of amides is 1. The molecule has 21 heavy (non-hydrogen) atoms. The average Bonchev–Trinajstić information content (AvgIpc) is 3.01. The molecular formula is C14H11ClN2O3S. The molecule has 3 N–H and O–H groups in total. The SMILES string of the molecule is O=C1Cc2cc(NCc3cc(C(=O)O)cs3)c(Cl)cc2N1. The number of fused-ring (bicyclic) bond motifs is 1. The summed E-state index contributed by atoms with van der Waals surface area (Å²) in [6, 6.07) is 5.20. The van der Waals surface area contributed by atoms with E-state index in [9.17, 15) is 9.59 Å². The third kappa shape index (κ3) is 2.86. The molecule has 0 atom stereocenters. The van der Waals surface area contributed by atoms with Crippen LogP contribution in [0.15, 0.2) is 23.6 Å². The van der Waals surface area contributed by atoms with E-state index < -0.39 is 5.97 Å². The lowest BCUT2D eigenvalue weighted by atomic mass is 10.1. The van der Waals surface area contributed by atoms with Crippen molar-refractivity contribution in [2.45, 2.75) is 13.0 Å². The molecule has 7 heteroatoms.